The summed E-state index contributed by atoms with van der Waals surface area (Å²) in [5.74, 6) is -3.36. The molecule has 33 heavy (non-hydrogen) atoms. The lowest BCUT2D eigenvalue weighted by Crippen LogP contribution is -2.45. The summed E-state index contributed by atoms with van der Waals surface area (Å²) >= 11 is 0. The van der Waals surface area contributed by atoms with Gasteiger partial charge in [-0.2, -0.15) is 0 Å². The molecule has 1 saturated heterocycles. The van der Waals surface area contributed by atoms with Crippen LogP contribution in [0.1, 0.15) is 52.8 Å². The number of carbonyl (C=O) groups excluding carboxylic acids is 4. The van der Waals surface area contributed by atoms with Crippen molar-refractivity contribution in [2.24, 2.45) is 11.8 Å². The Hall–Kier alpha value is -3.11. The first-order valence-electron chi connectivity index (χ1n) is 11.0. The van der Waals surface area contributed by atoms with Gasteiger partial charge in [0.15, 0.2) is 11.6 Å². The van der Waals surface area contributed by atoms with Gasteiger partial charge in [0, 0.05) is 42.5 Å². The molecule has 1 aliphatic heterocycles. The first-order chi connectivity index (χ1) is 15.9. The number of benzene rings is 1. The molecule has 2 amide bonds. The number of ketones is 2. The number of carboxylic acid groups (broad SMARTS) is 1. The Kier molecular flexibility index (Phi) is 8.67. The number of ether oxygens (including phenoxy) is 2. The minimum absolute atomic E-state index is 0.0577. The number of nitrogens with one attached hydrogen (secondary N) is 2. The molecular formula is C23H28N2O8. The number of aliphatic carboxylic acids is 1. The summed E-state index contributed by atoms with van der Waals surface area (Å²) in [5, 5.41) is 14.0. The Labute approximate surface area is 191 Å². The lowest BCUT2D eigenvalue weighted by Gasteiger charge is -2.27. The molecule has 0 radical (unpaired) electrons. The average molecular weight is 460 g/mol. The normalized spacial score (nSPS) is 20.7. The molecule has 1 aromatic rings. The van der Waals surface area contributed by atoms with Crippen molar-refractivity contribution in [1.82, 2.24) is 5.32 Å². The number of carbonyl (C=O) groups is 5. The third kappa shape index (κ3) is 6.45. The number of anilines is 1. The van der Waals surface area contributed by atoms with Crippen molar-refractivity contribution in [2.75, 3.05) is 38.3 Å². The summed E-state index contributed by atoms with van der Waals surface area (Å²) in [7, 11) is 0. The lowest BCUT2D eigenvalue weighted by molar-refractivity contribution is -0.139. The molecule has 2 aliphatic rings. The van der Waals surface area contributed by atoms with E-state index in [4.69, 9.17) is 14.6 Å². The number of Topliss-reactive ketones (excluding diaryl/α,β-unsaturated/α-hetero) is 2. The van der Waals surface area contributed by atoms with Crippen molar-refractivity contribution in [1.29, 1.82) is 0 Å². The Morgan fingerprint density at radius 3 is 2.45 bits per heavy atom. The van der Waals surface area contributed by atoms with E-state index in [1.54, 1.807) is 18.2 Å². The molecule has 0 bridgehead atoms. The van der Waals surface area contributed by atoms with E-state index >= 15 is 0 Å². The Bertz CT molecular complexity index is 929. The fraction of sp³-hybridized carbons (Fsp3) is 0.522. The third-order valence-corrected chi connectivity index (χ3v) is 5.79. The molecule has 0 saturated carbocycles. The quantitative estimate of drug-likeness (QED) is 0.253. The van der Waals surface area contributed by atoms with Crippen molar-refractivity contribution in [3.05, 3.63) is 29.3 Å². The van der Waals surface area contributed by atoms with Gasteiger partial charge in [0.05, 0.1) is 38.4 Å². The second-order valence-corrected chi connectivity index (χ2v) is 8.01. The van der Waals surface area contributed by atoms with Crippen LogP contribution in [0, 0.1) is 11.8 Å². The monoisotopic (exact) mass is 460 g/mol. The highest BCUT2D eigenvalue weighted by Crippen LogP contribution is 2.35. The van der Waals surface area contributed by atoms with Crippen LogP contribution < -0.4 is 10.6 Å². The minimum Gasteiger partial charge on any atom is -0.481 e. The average Bonchev–Trinajstić information content (AvgIpc) is 2.90. The number of hydrogen-bond acceptors (Lipinski definition) is 8. The van der Waals surface area contributed by atoms with E-state index in [0.717, 1.165) is 0 Å². The van der Waals surface area contributed by atoms with Crippen LogP contribution in [0.25, 0.3) is 0 Å². The van der Waals surface area contributed by atoms with E-state index in [1.807, 2.05) is 0 Å². The Balaban J connectivity index is 1.58. The van der Waals surface area contributed by atoms with Gasteiger partial charge in [0.1, 0.15) is 0 Å². The molecule has 0 spiro atoms. The molecule has 1 fully saturated rings. The van der Waals surface area contributed by atoms with Crippen LogP contribution in [-0.2, 0) is 23.9 Å². The summed E-state index contributed by atoms with van der Waals surface area (Å²) in [6.45, 7) is 1.43. The number of piperidine rings is 1. The molecule has 178 valence electrons. The Morgan fingerprint density at radius 1 is 1.00 bits per heavy atom. The smallest absolute Gasteiger partial charge is 0.305 e. The molecular weight excluding hydrogens is 432 g/mol. The second kappa shape index (κ2) is 11.7. The van der Waals surface area contributed by atoms with Crippen LogP contribution in [0.5, 0.6) is 0 Å². The van der Waals surface area contributed by atoms with Gasteiger partial charge in [-0.3, -0.25) is 29.3 Å². The maximum absolute atomic E-state index is 13.3. The standard InChI is InChI=1S/C23H28N2O8/c26-18-6-4-14(15-5-7-19(27)25-23(15)31)22(30)16-2-1-3-17(21(16)18)24-9-11-33-13-12-32-10-8-20(28)29/h1-3,14-15,24H,4-13H2,(H,28,29)(H,25,27,31). The minimum atomic E-state index is -0.918. The summed E-state index contributed by atoms with van der Waals surface area (Å²) < 4.78 is 10.6. The fourth-order valence-electron chi connectivity index (χ4n) is 4.17. The number of hydrogen-bond donors (Lipinski definition) is 3. The first kappa shape index (κ1) is 24.5. The molecule has 0 aromatic heterocycles. The van der Waals surface area contributed by atoms with Crippen molar-refractivity contribution in [3.8, 4) is 0 Å². The fourth-order valence-corrected chi connectivity index (χ4v) is 4.17. The second-order valence-electron chi connectivity index (χ2n) is 8.01. The highest BCUT2D eigenvalue weighted by molar-refractivity contribution is 6.15. The molecule has 3 rings (SSSR count). The van der Waals surface area contributed by atoms with Gasteiger partial charge in [-0.05, 0) is 18.9 Å². The van der Waals surface area contributed by atoms with Gasteiger partial charge in [0.2, 0.25) is 11.8 Å². The van der Waals surface area contributed by atoms with Crippen LogP contribution >= 0.6 is 0 Å². The zero-order valence-electron chi connectivity index (χ0n) is 18.3. The van der Waals surface area contributed by atoms with Crippen molar-refractivity contribution in [3.63, 3.8) is 0 Å². The highest BCUT2D eigenvalue weighted by Gasteiger charge is 2.40. The number of carboxylic acids is 1. The van der Waals surface area contributed by atoms with Gasteiger partial charge in [-0.1, -0.05) is 12.1 Å². The van der Waals surface area contributed by atoms with E-state index in [-0.39, 0.29) is 56.4 Å². The van der Waals surface area contributed by atoms with E-state index < -0.39 is 23.7 Å². The van der Waals surface area contributed by atoms with Gasteiger partial charge >= 0.3 is 5.97 Å². The number of fused-ring (bicyclic) bond motifs is 1. The van der Waals surface area contributed by atoms with E-state index in [1.165, 1.54) is 0 Å². The lowest BCUT2D eigenvalue weighted by atomic mass is 9.79. The van der Waals surface area contributed by atoms with Crippen LogP contribution in [-0.4, -0.2) is 67.4 Å². The summed E-state index contributed by atoms with van der Waals surface area (Å²) in [6, 6.07) is 5.03. The summed E-state index contributed by atoms with van der Waals surface area (Å²) in [6.07, 6.45) is 0.845. The molecule has 1 aliphatic carbocycles. The first-order valence-corrected chi connectivity index (χ1v) is 11.0. The van der Waals surface area contributed by atoms with Gasteiger partial charge in [-0.25, -0.2) is 0 Å². The predicted molar refractivity (Wildman–Crippen MR) is 116 cm³/mol. The van der Waals surface area contributed by atoms with Gasteiger partial charge in [-0.15, -0.1) is 0 Å². The third-order valence-electron chi connectivity index (χ3n) is 5.79. The van der Waals surface area contributed by atoms with E-state index in [0.29, 0.717) is 43.0 Å². The largest absolute Gasteiger partial charge is 0.481 e. The molecule has 10 nitrogen and oxygen atoms in total. The van der Waals surface area contributed by atoms with Gasteiger partial charge < -0.3 is 19.9 Å². The topological polar surface area (TPSA) is 148 Å². The number of amides is 2. The highest BCUT2D eigenvalue weighted by atomic mass is 16.5. The predicted octanol–water partition coefficient (Wildman–Crippen LogP) is 1.43. The van der Waals surface area contributed by atoms with E-state index in [9.17, 15) is 24.0 Å². The van der Waals surface area contributed by atoms with Crippen molar-refractivity contribution >= 4 is 35.0 Å². The number of rotatable bonds is 11. The van der Waals surface area contributed by atoms with Crippen LogP contribution in [0.4, 0.5) is 5.69 Å². The Morgan fingerprint density at radius 2 is 1.73 bits per heavy atom. The van der Waals surface area contributed by atoms with Crippen LogP contribution in [0.3, 0.4) is 0 Å². The van der Waals surface area contributed by atoms with Crippen molar-refractivity contribution in [2.45, 2.75) is 32.1 Å². The number of imide groups is 1. The molecule has 2 atom stereocenters. The summed E-state index contributed by atoms with van der Waals surface area (Å²) in [4.78, 5) is 60.3. The van der Waals surface area contributed by atoms with Crippen molar-refractivity contribution < 1.29 is 38.6 Å². The molecule has 1 heterocycles. The zero-order valence-corrected chi connectivity index (χ0v) is 18.3. The zero-order chi connectivity index (χ0) is 23.8. The van der Waals surface area contributed by atoms with Crippen LogP contribution in [0.2, 0.25) is 0 Å². The maximum atomic E-state index is 13.3. The van der Waals surface area contributed by atoms with E-state index in [2.05, 4.69) is 10.6 Å². The molecule has 1 aromatic carbocycles. The SMILES string of the molecule is O=C(O)CCOCCOCCNc1cccc2c1C(=O)CCC(C1CCC(=O)NC1=O)C2=O. The molecule has 2 unspecified atom stereocenters. The summed E-state index contributed by atoms with van der Waals surface area (Å²) in [5.41, 5.74) is 1.16. The molecule has 3 N–H and O–H groups in total. The van der Waals surface area contributed by atoms with Gasteiger partial charge in [0.25, 0.3) is 0 Å². The maximum Gasteiger partial charge on any atom is 0.305 e. The molecule has 10 heteroatoms. The van der Waals surface area contributed by atoms with Crippen LogP contribution in [0.15, 0.2) is 18.2 Å².